The first-order valence-corrected chi connectivity index (χ1v) is 9.16. The van der Waals surface area contributed by atoms with Gasteiger partial charge < -0.3 is 15.3 Å². The Bertz CT molecular complexity index is 808. The first-order chi connectivity index (χ1) is 13.0. The van der Waals surface area contributed by atoms with Crippen LogP contribution in [0.25, 0.3) is 0 Å². The minimum atomic E-state index is -1.42. The number of benzene rings is 1. The van der Waals surface area contributed by atoms with Gasteiger partial charge in [-0.3, -0.25) is 4.79 Å². The highest BCUT2D eigenvalue weighted by atomic mass is 35.5. The number of hydrogen-bond acceptors (Lipinski definition) is 4. The fourth-order valence-corrected chi connectivity index (χ4v) is 3.32. The first kappa shape index (κ1) is 19.5. The van der Waals surface area contributed by atoms with E-state index in [9.17, 15) is 18.7 Å². The van der Waals surface area contributed by atoms with Gasteiger partial charge >= 0.3 is 0 Å². The lowest BCUT2D eigenvalue weighted by Gasteiger charge is -2.26. The number of aromatic nitrogens is 1. The van der Waals surface area contributed by atoms with Crippen LogP contribution in [0.4, 0.5) is 14.6 Å². The molecule has 1 amide bonds. The molecule has 0 radical (unpaired) electrons. The second kappa shape index (κ2) is 8.63. The second-order valence-electron chi connectivity index (χ2n) is 6.44. The van der Waals surface area contributed by atoms with Gasteiger partial charge in [0.05, 0.1) is 16.1 Å². The molecule has 3 rings (SSSR count). The van der Waals surface area contributed by atoms with E-state index in [1.165, 1.54) is 18.3 Å². The van der Waals surface area contributed by atoms with Gasteiger partial charge in [0.1, 0.15) is 23.6 Å². The summed E-state index contributed by atoms with van der Waals surface area (Å²) in [6.07, 6.45) is 3.07. The zero-order chi connectivity index (χ0) is 19.4. The van der Waals surface area contributed by atoms with Crippen molar-refractivity contribution in [3.8, 4) is 0 Å². The van der Waals surface area contributed by atoms with E-state index in [0.717, 1.165) is 44.5 Å². The van der Waals surface area contributed by atoms with E-state index in [4.69, 9.17) is 11.6 Å². The van der Waals surface area contributed by atoms with E-state index in [-0.39, 0.29) is 23.3 Å². The molecule has 0 spiro atoms. The zero-order valence-corrected chi connectivity index (χ0v) is 15.3. The molecule has 2 aromatic rings. The van der Waals surface area contributed by atoms with Crippen LogP contribution >= 0.6 is 11.6 Å². The fourth-order valence-electron chi connectivity index (χ4n) is 3.09. The summed E-state index contributed by atoms with van der Waals surface area (Å²) in [5.74, 6) is -1.55. The van der Waals surface area contributed by atoms with E-state index < -0.39 is 23.3 Å². The fraction of sp³-hybridized carbons (Fsp3) is 0.368. The van der Waals surface area contributed by atoms with E-state index in [1.54, 1.807) is 4.90 Å². The number of carbonyl (C=O) groups excluding carboxylic acids is 1. The van der Waals surface area contributed by atoms with E-state index in [1.807, 2.05) is 0 Å². The van der Waals surface area contributed by atoms with Crippen molar-refractivity contribution < 1.29 is 18.7 Å². The summed E-state index contributed by atoms with van der Waals surface area (Å²) in [5, 5.41) is 13.0. The number of piperidine rings is 1. The van der Waals surface area contributed by atoms with Crippen LogP contribution in [-0.4, -0.2) is 40.5 Å². The predicted octanol–water partition coefficient (Wildman–Crippen LogP) is 3.78. The molecule has 1 atom stereocenters. The number of aliphatic hydroxyl groups is 1. The summed E-state index contributed by atoms with van der Waals surface area (Å²) in [6, 6.07) is 4.89. The van der Waals surface area contributed by atoms with Crippen LogP contribution in [0.15, 0.2) is 30.5 Å². The molecule has 1 saturated heterocycles. The third-order valence-corrected chi connectivity index (χ3v) is 4.82. The maximum absolute atomic E-state index is 13.7. The highest BCUT2D eigenvalue weighted by Gasteiger charge is 2.21. The van der Waals surface area contributed by atoms with Gasteiger partial charge in [-0.25, -0.2) is 13.8 Å². The van der Waals surface area contributed by atoms with Gasteiger partial charge in [-0.2, -0.15) is 0 Å². The number of likely N-dealkylation sites (tertiary alicyclic amines) is 1. The molecule has 1 aliphatic heterocycles. The topological polar surface area (TPSA) is 65.5 Å². The molecule has 5 nitrogen and oxygen atoms in total. The van der Waals surface area contributed by atoms with Crippen molar-refractivity contribution >= 4 is 23.3 Å². The van der Waals surface area contributed by atoms with Crippen LogP contribution in [0.1, 0.15) is 41.3 Å². The molecule has 2 heterocycles. The Hall–Kier alpha value is -2.25. The molecule has 1 aromatic carbocycles. The second-order valence-corrected chi connectivity index (χ2v) is 6.85. The average molecular weight is 396 g/mol. The number of nitrogens with one attached hydrogen (secondary N) is 1. The van der Waals surface area contributed by atoms with Crippen molar-refractivity contribution in [2.24, 2.45) is 0 Å². The molecular weight excluding hydrogens is 376 g/mol. The van der Waals surface area contributed by atoms with Gasteiger partial charge in [0, 0.05) is 25.8 Å². The molecule has 2 N–H and O–H groups in total. The smallest absolute Gasteiger partial charge is 0.255 e. The minimum Gasteiger partial charge on any atom is -0.386 e. The first-order valence-electron chi connectivity index (χ1n) is 8.78. The van der Waals surface area contributed by atoms with Gasteiger partial charge in [-0.05, 0) is 37.5 Å². The van der Waals surface area contributed by atoms with Gasteiger partial charge in [-0.15, -0.1) is 0 Å². The molecule has 0 saturated carbocycles. The standard InChI is InChI=1S/C19H20ClF2N3O2/c20-13-9-12(19(27)25-7-2-1-3-8-25)10-23-18(13)24-11-16(26)17-14(21)5-4-6-15(17)22/h4-6,9-10,16,26H,1-3,7-8,11H2,(H,23,24). The maximum atomic E-state index is 13.7. The number of carbonyl (C=O) groups is 1. The molecule has 1 unspecified atom stereocenters. The number of anilines is 1. The molecule has 144 valence electrons. The Labute approximate surface area is 161 Å². The molecule has 27 heavy (non-hydrogen) atoms. The Kier molecular flexibility index (Phi) is 6.23. The lowest BCUT2D eigenvalue weighted by atomic mass is 10.1. The number of rotatable bonds is 5. The summed E-state index contributed by atoms with van der Waals surface area (Å²) in [4.78, 5) is 18.4. The van der Waals surface area contributed by atoms with Crippen LogP contribution in [0, 0.1) is 11.6 Å². The summed E-state index contributed by atoms with van der Waals surface area (Å²) in [6.45, 7) is 1.25. The number of amides is 1. The van der Waals surface area contributed by atoms with E-state index >= 15 is 0 Å². The molecule has 0 bridgehead atoms. The van der Waals surface area contributed by atoms with Crippen molar-refractivity contribution in [1.29, 1.82) is 0 Å². The van der Waals surface area contributed by atoms with Gasteiger partial charge in [0.15, 0.2) is 0 Å². The van der Waals surface area contributed by atoms with Crippen LogP contribution in [0.3, 0.4) is 0 Å². The quantitative estimate of drug-likeness (QED) is 0.808. The predicted molar refractivity (Wildman–Crippen MR) is 98.8 cm³/mol. The number of aliphatic hydroxyl groups excluding tert-OH is 1. The average Bonchev–Trinajstić information content (AvgIpc) is 2.67. The lowest BCUT2D eigenvalue weighted by molar-refractivity contribution is 0.0724. The van der Waals surface area contributed by atoms with Crippen molar-refractivity contribution in [2.75, 3.05) is 25.0 Å². The highest BCUT2D eigenvalue weighted by Crippen LogP contribution is 2.25. The van der Waals surface area contributed by atoms with Gasteiger partial charge in [-0.1, -0.05) is 17.7 Å². The maximum Gasteiger partial charge on any atom is 0.255 e. The Balaban J connectivity index is 1.66. The molecule has 8 heteroatoms. The highest BCUT2D eigenvalue weighted by molar-refractivity contribution is 6.33. The number of pyridine rings is 1. The third-order valence-electron chi connectivity index (χ3n) is 4.53. The van der Waals surface area contributed by atoms with Crippen LogP contribution in [0.5, 0.6) is 0 Å². The summed E-state index contributed by atoms with van der Waals surface area (Å²) in [7, 11) is 0. The number of halogens is 3. The van der Waals surface area contributed by atoms with Gasteiger partial charge in [0.25, 0.3) is 5.91 Å². The largest absolute Gasteiger partial charge is 0.386 e. The van der Waals surface area contributed by atoms with E-state index in [0.29, 0.717) is 5.56 Å². The normalized spacial score (nSPS) is 15.5. The minimum absolute atomic E-state index is 0.121. The Morgan fingerprint density at radius 2 is 1.93 bits per heavy atom. The monoisotopic (exact) mass is 395 g/mol. The van der Waals surface area contributed by atoms with Gasteiger partial charge in [0.2, 0.25) is 0 Å². The molecule has 1 aromatic heterocycles. The lowest BCUT2D eigenvalue weighted by Crippen LogP contribution is -2.35. The third kappa shape index (κ3) is 4.54. The van der Waals surface area contributed by atoms with Crippen molar-refractivity contribution in [2.45, 2.75) is 25.4 Å². The molecule has 0 aliphatic carbocycles. The van der Waals surface area contributed by atoms with Crippen LogP contribution in [-0.2, 0) is 0 Å². The summed E-state index contributed by atoms with van der Waals surface area (Å²) >= 11 is 6.18. The van der Waals surface area contributed by atoms with E-state index in [2.05, 4.69) is 10.3 Å². The number of nitrogens with zero attached hydrogens (tertiary/aromatic N) is 2. The molecule has 1 aliphatic rings. The molecular formula is C19H20ClF2N3O2. The van der Waals surface area contributed by atoms with Crippen LogP contribution < -0.4 is 5.32 Å². The van der Waals surface area contributed by atoms with Crippen molar-refractivity contribution in [3.05, 3.63) is 58.2 Å². The van der Waals surface area contributed by atoms with Crippen molar-refractivity contribution in [3.63, 3.8) is 0 Å². The molecule has 1 fully saturated rings. The zero-order valence-electron chi connectivity index (χ0n) is 14.6. The van der Waals surface area contributed by atoms with Crippen LogP contribution in [0.2, 0.25) is 5.02 Å². The summed E-state index contributed by atoms with van der Waals surface area (Å²) in [5.41, 5.74) is -0.0360. The SMILES string of the molecule is O=C(c1cnc(NCC(O)c2c(F)cccc2F)c(Cl)c1)N1CCCCC1. The Morgan fingerprint density at radius 1 is 1.26 bits per heavy atom. The summed E-state index contributed by atoms with van der Waals surface area (Å²) < 4.78 is 27.4. The number of hydrogen-bond donors (Lipinski definition) is 2. The van der Waals surface area contributed by atoms with Crippen molar-refractivity contribution in [1.82, 2.24) is 9.88 Å². The Morgan fingerprint density at radius 3 is 2.56 bits per heavy atom.